The second kappa shape index (κ2) is 4.56. The minimum absolute atomic E-state index is 0.108. The van der Waals surface area contributed by atoms with Crippen molar-refractivity contribution in [3.63, 3.8) is 0 Å². The van der Waals surface area contributed by atoms with E-state index in [1.54, 1.807) is 6.92 Å². The molecule has 0 saturated carbocycles. The third kappa shape index (κ3) is 1.99. The van der Waals surface area contributed by atoms with E-state index in [1.807, 2.05) is 0 Å². The molecule has 0 bridgehead atoms. The van der Waals surface area contributed by atoms with E-state index in [2.05, 4.69) is 0 Å². The summed E-state index contributed by atoms with van der Waals surface area (Å²) in [5.41, 5.74) is 1.19. The Kier molecular flexibility index (Phi) is 2.86. The van der Waals surface area contributed by atoms with Gasteiger partial charge >= 0.3 is 0 Å². The zero-order chi connectivity index (χ0) is 14.3. The summed E-state index contributed by atoms with van der Waals surface area (Å²) >= 11 is 0. The monoisotopic (exact) mass is 272 g/mol. The molecule has 20 heavy (non-hydrogen) atoms. The second-order valence-electron chi connectivity index (χ2n) is 4.54. The number of hydrogen-bond acceptors (Lipinski definition) is 2. The Hall–Kier alpha value is -2.49. The maximum atomic E-state index is 13.2. The summed E-state index contributed by atoms with van der Waals surface area (Å²) in [6, 6.07) is 9.43. The number of halogens is 2. The number of fused-ring (bicyclic) bond motifs is 1. The van der Waals surface area contributed by atoms with Gasteiger partial charge in [0.15, 0.2) is 5.76 Å². The Morgan fingerprint density at radius 2 is 1.80 bits per heavy atom. The maximum absolute atomic E-state index is 13.2. The van der Waals surface area contributed by atoms with E-state index in [0.29, 0.717) is 16.5 Å². The normalized spacial score (nSPS) is 10.9. The van der Waals surface area contributed by atoms with Gasteiger partial charge in [-0.1, -0.05) is 12.1 Å². The van der Waals surface area contributed by atoms with Gasteiger partial charge in [-0.2, -0.15) is 0 Å². The van der Waals surface area contributed by atoms with Crippen LogP contribution in [0.25, 0.3) is 11.0 Å². The first kappa shape index (κ1) is 12.5. The predicted molar refractivity (Wildman–Crippen MR) is 70.7 cm³/mol. The van der Waals surface area contributed by atoms with Crippen molar-refractivity contribution in [2.45, 2.75) is 6.92 Å². The van der Waals surface area contributed by atoms with Gasteiger partial charge in [0.1, 0.15) is 17.2 Å². The van der Waals surface area contributed by atoms with Gasteiger partial charge in [0.25, 0.3) is 0 Å². The van der Waals surface area contributed by atoms with Crippen LogP contribution in [0.4, 0.5) is 8.78 Å². The number of benzene rings is 2. The topological polar surface area (TPSA) is 30.2 Å². The lowest BCUT2D eigenvalue weighted by molar-refractivity contribution is 0.101. The van der Waals surface area contributed by atoms with Crippen molar-refractivity contribution >= 4 is 16.8 Å². The molecular formula is C16H10F2O2. The number of furan rings is 1. The van der Waals surface area contributed by atoms with Crippen molar-refractivity contribution in [2.24, 2.45) is 0 Å². The van der Waals surface area contributed by atoms with E-state index in [1.165, 1.54) is 36.4 Å². The van der Waals surface area contributed by atoms with E-state index >= 15 is 0 Å². The van der Waals surface area contributed by atoms with Crippen molar-refractivity contribution in [1.82, 2.24) is 0 Å². The van der Waals surface area contributed by atoms with Crippen molar-refractivity contribution in [2.75, 3.05) is 0 Å². The standard InChI is InChI=1S/C16H10F2O2/c1-9-13-8-12(18)5-6-14(13)20-16(9)15(19)10-3-2-4-11(17)7-10/h2-8H,1H3. The molecule has 0 radical (unpaired) electrons. The van der Waals surface area contributed by atoms with Crippen LogP contribution in [0.1, 0.15) is 21.7 Å². The highest BCUT2D eigenvalue weighted by Crippen LogP contribution is 2.27. The van der Waals surface area contributed by atoms with Crippen molar-refractivity contribution in [1.29, 1.82) is 0 Å². The summed E-state index contributed by atoms with van der Waals surface area (Å²) in [5.74, 6) is -1.20. The average molecular weight is 272 g/mol. The molecule has 0 saturated heterocycles. The van der Waals surface area contributed by atoms with Gasteiger partial charge in [-0.25, -0.2) is 8.78 Å². The van der Waals surface area contributed by atoms with Crippen LogP contribution in [-0.2, 0) is 0 Å². The van der Waals surface area contributed by atoms with Gasteiger partial charge in [0.2, 0.25) is 5.78 Å². The van der Waals surface area contributed by atoms with Gasteiger partial charge in [-0.05, 0) is 37.3 Å². The quantitative estimate of drug-likeness (QED) is 0.653. The van der Waals surface area contributed by atoms with Crippen molar-refractivity contribution in [3.8, 4) is 0 Å². The number of carbonyl (C=O) groups excluding carboxylic acids is 1. The molecule has 100 valence electrons. The molecule has 0 aliphatic carbocycles. The van der Waals surface area contributed by atoms with Gasteiger partial charge in [0, 0.05) is 16.5 Å². The van der Waals surface area contributed by atoms with Crippen LogP contribution in [-0.4, -0.2) is 5.78 Å². The fourth-order valence-corrected chi connectivity index (χ4v) is 2.17. The SMILES string of the molecule is Cc1c(C(=O)c2cccc(F)c2)oc2ccc(F)cc12. The first-order valence-corrected chi connectivity index (χ1v) is 6.05. The Labute approximate surface area is 113 Å². The molecule has 2 nitrogen and oxygen atoms in total. The lowest BCUT2D eigenvalue weighted by atomic mass is 10.0. The minimum atomic E-state index is -0.490. The van der Waals surface area contributed by atoms with E-state index < -0.39 is 17.4 Å². The van der Waals surface area contributed by atoms with Crippen LogP contribution in [0, 0.1) is 18.6 Å². The highest BCUT2D eigenvalue weighted by Gasteiger charge is 2.19. The van der Waals surface area contributed by atoms with Crippen molar-refractivity contribution in [3.05, 3.63) is 71.0 Å². The molecule has 2 aromatic carbocycles. The summed E-state index contributed by atoms with van der Waals surface area (Å²) in [6.45, 7) is 1.68. The lowest BCUT2D eigenvalue weighted by Gasteiger charge is -1.99. The number of aryl methyl sites for hydroxylation is 1. The van der Waals surface area contributed by atoms with Gasteiger partial charge < -0.3 is 4.42 Å². The first-order valence-electron chi connectivity index (χ1n) is 6.05. The number of carbonyl (C=O) groups is 1. The highest BCUT2D eigenvalue weighted by atomic mass is 19.1. The van der Waals surface area contributed by atoms with Gasteiger partial charge in [-0.15, -0.1) is 0 Å². The van der Waals surface area contributed by atoms with Crippen LogP contribution < -0.4 is 0 Å². The molecule has 3 aromatic rings. The molecule has 0 unspecified atom stereocenters. The summed E-state index contributed by atoms with van der Waals surface area (Å²) in [7, 11) is 0. The summed E-state index contributed by atoms with van der Waals surface area (Å²) in [5, 5.41) is 0.546. The molecule has 1 aromatic heterocycles. The Morgan fingerprint density at radius 3 is 2.55 bits per heavy atom. The Bertz CT molecular complexity index is 818. The molecular weight excluding hydrogens is 262 g/mol. The van der Waals surface area contributed by atoms with Crippen LogP contribution in [0.15, 0.2) is 46.9 Å². The van der Waals surface area contributed by atoms with Crippen LogP contribution in [0.3, 0.4) is 0 Å². The van der Waals surface area contributed by atoms with E-state index in [-0.39, 0.29) is 11.3 Å². The fourth-order valence-electron chi connectivity index (χ4n) is 2.17. The summed E-state index contributed by atoms with van der Waals surface area (Å²) in [6.07, 6.45) is 0. The van der Waals surface area contributed by atoms with Crippen LogP contribution in [0.2, 0.25) is 0 Å². The number of rotatable bonds is 2. The molecule has 1 heterocycles. The Balaban J connectivity index is 2.15. The Morgan fingerprint density at radius 1 is 1.05 bits per heavy atom. The molecule has 0 aliphatic rings. The lowest BCUT2D eigenvalue weighted by Crippen LogP contribution is -2.01. The zero-order valence-corrected chi connectivity index (χ0v) is 10.6. The van der Waals surface area contributed by atoms with E-state index in [9.17, 15) is 13.6 Å². The molecule has 0 amide bonds. The molecule has 0 N–H and O–H groups in total. The molecule has 0 fully saturated rings. The van der Waals surface area contributed by atoms with Gasteiger partial charge in [-0.3, -0.25) is 4.79 Å². The average Bonchev–Trinajstić information content (AvgIpc) is 2.75. The largest absolute Gasteiger partial charge is 0.452 e. The zero-order valence-electron chi connectivity index (χ0n) is 10.6. The molecule has 0 aliphatic heterocycles. The predicted octanol–water partition coefficient (Wildman–Crippen LogP) is 4.25. The summed E-state index contributed by atoms with van der Waals surface area (Å²) in [4.78, 5) is 12.3. The molecule has 3 rings (SSSR count). The molecule has 0 spiro atoms. The van der Waals surface area contributed by atoms with E-state index in [0.717, 1.165) is 6.07 Å². The minimum Gasteiger partial charge on any atom is -0.452 e. The smallest absolute Gasteiger partial charge is 0.228 e. The second-order valence-corrected chi connectivity index (χ2v) is 4.54. The summed E-state index contributed by atoms with van der Waals surface area (Å²) < 4.78 is 31.9. The third-order valence-electron chi connectivity index (χ3n) is 3.19. The first-order chi connectivity index (χ1) is 9.56. The van der Waals surface area contributed by atoms with Crippen molar-refractivity contribution < 1.29 is 18.0 Å². The van der Waals surface area contributed by atoms with E-state index in [4.69, 9.17) is 4.42 Å². The van der Waals surface area contributed by atoms with Gasteiger partial charge in [0.05, 0.1) is 0 Å². The fraction of sp³-hybridized carbons (Fsp3) is 0.0625. The highest BCUT2D eigenvalue weighted by molar-refractivity contribution is 6.10. The maximum Gasteiger partial charge on any atom is 0.228 e. The molecule has 4 heteroatoms. The van der Waals surface area contributed by atoms with Crippen LogP contribution in [0.5, 0.6) is 0 Å². The number of hydrogen-bond donors (Lipinski definition) is 0. The number of ketones is 1. The van der Waals surface area contributed by atoms with Crippen LogP contribution >= 0.6 is 0 Å². The molecule has 0 atom stereocenters. The third-order valence-corrected chi connectivity index (χ3v) is 3.19.